The van der Waals surface area contributed by atoms with Crippen molar-refractivity contribution in [3.8, 4) is 0 Å². The number of hydrogen-bond acceptors (Lipinski definition) is 3. The van der Waals surface area contributed by atoms with Gasteiger partial charge in [-0.2, -0.15) is 0 Å². The van der Waals surface area contributed by atoms with Crippen molar-refractivity contribution in [1.29, 1.82) is 0 Å². The first kappa shape index (κ1) is 22.7. The van der Waals surface area contributed by atoms with Gasteiger partial charge < -0.3 is 10.5 Å². The van der Waals surface area contributed by atoms with Crippen molar-refractivity contribution in [2.75, 3.05) is 6.61 Å². The van der Waals surface area contributed by atoms with Crippen LogP contribution >= 0.6 is 0 Å². The summed E-state index contributed by atoms with van der Waals surface area (Å²) in [4.78, 5) is 20.2. The van der Waals surface area contributed by atoms with Crippen molar-refractivity contribution in [2.24, 2.45) is 5.73 Å². The molecule has 0 spiro atoms. The molecule has 1 aromatic carbocycles. The monoisotopic (exact) mass is 317 g/mol. The number of unbranched alkanes of at least 4 members (excludes halogenated alkanes) is 1. The molecule has 0 unspecified atom stereocenters. The van der Waals surface area contributed by atoms with Gasteiger partial charge in [-0.3, -0.25) is 4.79 Å². The van der Waals surface area contributed by atoms with E-state index < -0.39 is 5.91 Å². The van der Waals surface area contributed by atoms with E-state index in [0.29, 0.717) is 12.2 Å². The highest BCUT2D eigenvalue weighted by Crippen LogP contribution is 1.97. The SMILES string of the molecule is C=C(C)C(=O)OCCCC.C=CC(N)=O.C=Cc1ccccc1. The smallest absolute Gasteiger partial charge is 0.333 e. The molecule has 4 nitrogen and oxygen atoms in total. The Labute approximate surface area is 139 Å². The van der Waals surface area contributed by atoms with Crippen LogP contribution in [0.15, 0.2) is 61.7 Å². The summed E-state index contributed by atoms with van der Waals surface area (Å²) in [5.41, 5.74) is 6.18. The standard InChI is InChI=1S/C8H14O2.C8H8.C3H5NO/c1-4-5-6-10-8(9)7(2)3;1-2-8-6-4-3-5-7-8;1-2-3(4)5/h2,4-6H2,1,3H3;2-7H,1H2;2H,1H2,(H2,4,5). The van der Waals surface area contributed by atoms with Gasteiger partial charge in [-0.15, -0.1) is 0 Å². The van der Waals surface area contributed by atoms with Crippen molar-refractivity contribution in [1.82, 2.24) is 0 Å². The van der Waals surface area contributed by atoms with Crippen LogP contribution in [0.2, 0.25) is 0 Å². The van der Waals surface area contributed by atoms with Gasteiger partial charge in [-0.1, -0.05) is 69.5 Å². The van der Waals surface area contributed by atoms with Gasteiger partial charge in [-0.25, -0.2) is 4.79 Å². The molecule has 0 fully saturated rings. The molecule has 0 aliphatic heterocycles. The summed E-state index contributed by atoms with van der Waals surface area (Å²) in [6.45, 7) is 14.4. The molecule has 1 rings (SSSR count). The molecule has 0 saturated carbocycles. The topological polar surface area (TPSA) is 69.4 Å². The number of carbonyl (C=O) groups excluding carboxylic acids is 2. The Morgan fingerprint density at radius 3 is 2.04 bits per heavy atom. The summed E-state index contributed by atoms with van der Waals surface area (Å²) in [7, 11) is 0. The lowest BCUT2D eigenvalue weighted by atomic mass is 10.2. The van der Waals surface area contributed by atoms with Crippen LogP contribution in [0, 0.1) is 0 Å². The fourth-order valence-electron chi connectivity index (χ4n) is 1.02. The Hall–Kier alpha value is -2.62. The highest BCUT2D eigenvalue weighted by Gasteiger charge is 2.00. The van der Waals surface area contributed by atoms with E-state index in [1.165, 1.54) is 5.56 Å². The van der Waals surface area contributed by atoms with Crippen molar-refractivity contribution >= 4 is 18.0 Å². The molecule has 0 aliphatic carbocycles. The van der Waals surface area contributed by atoms with Crippen LogP contribution in [0.5, 0.6) is 0 Å². The molecular formula is C19H27NO3. The normalized spacial score (nSPS) is 8.26. The largest absolute Gasteiger partial charge is 0.462 e. The summed E-state index contributed by atoms with van der Waals surface area (Å²) >= 11 is 0. The number of amides is 1. The molecule has 0 radical (unpaired) electrons. The van der Waals surface area contributed by atoms with E-state index in [0.717, 1.165) is 18.9 Å². The molecule has 2 N–H and O–H groups in total. The van der Waals surface area contributed by atoms with E-state index in [-0.39, 0.29) is 5.97 Å². The number of ether oxygens (including phenoxy) is 1. The Bertz CT molecular complexity index is 493. The van der Waals surface area contributed by atoms with Crippen LogP contribution in [-0.4, -0.2) is 18.5 Å². The molecule has 0 bridgehead atoms. The van der Waals surface area contributed by atoms with Crippen LogP contribution in [0.25, 0.3) is 6.08 Å². The molecule has 23 heavy (non-hydrogen) atoms. The molecule has 126 valence electrons. The number of esters is 1. The quantitative estimate of drug-likeness (QED) is 0.491. The molecular weight excluding hydrogens is 290 g/mol. The fraction of sp³-hybridized carbons (Fsp3) is 0.263. The van der Waals surface area contributed by atoms with Crippen LogP contribution < -0.4 is 5.73 Å². The number of primary amides is 1. The van der Waals surface area contributed by atoms with Crippen LogP contribution in [-0.2, 0) is 14.3 Å². The number of benzene rings is 1. The fourth-order valence-corrected chi connectivity index (χ4v) is 1.02. The van der Waals surface area contributed by atoms with Gasteiger partial charge in [0.1, 0.15) is 0 Å². The molecule has 0 saturated heterocycles. The zero-order chi connectivity index (χ0) is 18.1. The first-order valence-corrected chi connectivity index (χ1v) is 7.30. The van der Waals surface area contributed by atoms with E-state index in [1.807, 2.05) is 36.4 Å². The Morgan fingerprint density at radius 2 is 1.74 bits per heavy atom. The minimum atomic E-state index is -0.481. The molecule has 4 heteroatoms. The lowest BCUT2D eigenvalue weighted by Crippen LogP contribution is -2.05. The minimum Gasteiger partial charge on any atom is -0.462 e. The van der Waals surface area contributed by atoms with Gasteiger partial charge in [0.15, 0.2) is 0 Å². The third-order valence-corrected chi connectivity index (χ3v) is 2.32. The molecule has 0 heterocycles. The lowest BCUT2D eigenvalue weighted by Gasteiger charge is -2.01. The Balaban J connectivity index is 0. The van der Waals surface area contributed by atoms with Gasteiger partial charge in [-0.05, 0) is 25.0 Å². The zero-order valence-corrected chi connectivity index (χ0v) is 14.1. The van der Waals surface area contributed by atoms with E-state index >= 15 is 0 Å². The second kappa shape index (κ2) is 15.8. The van der Waals surface area contributed by atoms with E-state index in [9.17, 15) is 9.59 Å². The summed E-state index contributed by atoms with van der Waals surface area (Å²) < 4.78 is 4.81. The number of carbonyl (C=O) groups is 2. The summed E-state index contributed by atoms with van der Waals surface area (Å²) in [5.74, 6) is -0.765. The minimum absolute atomic E-state index is 0.284. The lowest BCUT2D eigenvalue weighted by molar-refractivity contribution is -0.139. The third-order valence-electron chi connectivity index (χ3n) is 2.32. The number of hydrogen-bond donors (Lipinski definition) is 1. The predicted octanol–water partition coefficient (Wildman–Crippen LogP) is 3.89. The molecule has 0 aliphatic rings. The predicted molar refractivity (Wildman–Crippen MR) is 96.6 cm³/mol. The van der Waals surface area contributed by atoms with E-state index in [2.05, 4.69) is 32.4 Å². The highest BCUT2D eigenvalue weighted by atomic mass is 16.5. The maximum absolute atomic E-state index is 10.7. The van der Waals surface area contributed by atoms with Crippen LogP contribution in [0.4, 0.5) is 0 Å². The Morgan fingerprint density at radius 1 is 1.22 bits per heavy atom. The molecule has 0 atom stereocenters. The first-order valence-electron chi connectivity index (χ1n) is 7.30. The van der Waals surface area contributed by atoms with Gasteiger partial charge in [0.05, 0.1) is 6.61 Å². The Kier molecular flexibility index (Phi) is 15.5. The second-order valence-electron chi connectivity index (χ2n) is 4.49. The summed E-state index contributed by atoms with van der Waals surface area (Å²) in [6, 6.07) is 10.0. The van der Waals surface area contributed by atoms with Crippen LogP contribution in [0.3, 0.4) is 0 Å². The summed E-state index contributed by atoms with van der Waals surface area (Å²) in [6.07, 6.45) is 4.86. The third kappa shape index (κ3) is 17.3. The van der Waals surface area contributed by atoms with Gasteiger partial charge in [0.25, 0.3) is 0 Å². The summed E-state index contributed by atoms with van der Waals surface area (Å²) in [5, 5.41) is 0. The maximum Gasteiger partial charge on any atom is 0.333 e. The van der Waals surface area contributed by atoms with Crippen molar-refractivity contribution < 1.29 is 14.3 Å². The zero-order valence-electron chi connectivity index (χ0n) is 14.1. The van der Waals surface area contributed by atoms with Gasteiger partial charge in [0.2, 0.25) is 5.91 Å². The molecule has 1 amide bonds. The van der Waals surface area contributed by atoms with Crippen molar-refractivity contribution in [3.63, 3.8) is 0 Å². The average molecular weight is 317 g/mol. The van der Waals surface area contributed by atoms with Crippen molar-refractivity contribution in [3.05, 3.63) is 67.3 Å². The first-order chi connectivity index (χ1) is 10.9. The van der Waals surface area contributed by atoms with Crippen molar-refractivity contribution in [2.45, 2.75) is 26.7 Å². The average Bonchev–Trinajstić information content (AvgIpc) is 2.56. The molecule has 1 aromatic rings. The van der Waals surface area contributed by atoms with E-state index in [1.54, 1.807) is 6.92 Å². The molecule has 0 aromatic heterocycles. The van der Waals surface area contributed by atoms with Gasteiger partial charge >= 0.3 is 5.97 Å². The van der Waals surface area contributed by atoms with E-state index in [4.69, 9.17) is 4.74 Å². The number of nitrogens with two attached hydrogens (primary N) is 1. The van der Waals surface area contributed by atoms with Crippen LogP contribution in [0.1, 0.15) is 32.3 Å². The highest BCUT2D eigenvalue weighted by molar-refractivity contribution is 5.86. The maximum atomic E-state index is 10.7. The second-order valence-corrected chi connectivity index (χ2v) is 4.49. The van der Waals surface area contributed by atoms with Gasteiger partial charge in [0, 0.05) is 5.57 Å². The number of rotatable bonds is 6.